The predicted molar refractivity (Wildman–Crippen MR) is 98.7 cm³/mol. The van der Waals surface area contributed by atoms with E-state index in [0.717, 1.165) is 40.8 Å². The number of benzene rings is 2. The van der Waals surface area contributed by atoms with Crippen molar-refractivity contribution in [3.05, 3.63) is 59.2 Å². The van der Waals surface area contributed by atoms with Gasteiger partial charge < -0.3 is 4.90 Å². The lowest BCUT2D eigenvalue weighted by molar-refractivity contribution is 0.0737. The number of likely N-dealkylation sites (tertiary alicyclic amines) is 1. The first-order valence-electron chi connectivity index (χ1n) is 8.40. The van der Waals surface area contributed by atoms with Crippen LogP contribution in [0.15, 0.2) is 48.7 Å². The number of amides is 1. The molecular formula is C19H16N4OS. The van der Waals surface area contributed by atoms with Crippen LogP contribution in [-0.2, 0) is 0 Å². The predicted octanol–water partition coefficient (Wildman–Crippen LogP) is 4.15. The molecule has 6 heteroatoms. The average Bonchev–Trinajstić information content (AvgIpc) is 3.37. The number of fused-ring (bicyclic) bond motifs is 2. The normalized spacial score (nSPS) is 17.6. The van der Waals surface area contributed by atoms with E-state index < -0.39 is 0 Å². The number of nitrogens with one attached hydrogen (secondary N) is 1. The van der Waals surface area contributed by atoms with Crippen LogP contribution >= 0.6 is 11.3 Å². The molecule has 2 aromatic heterocycles. The summed E-state index contributed by atoms with van der Waals surface area (Å²) in [6.45, 7) is 0.768. The molecule has 4 aromatic rings. The van der Waals surface area contributed by atoms with Crippen molar-refractivity contribution in [1.29, 1.82) is 0 Å². The Hall–Kier alpha value is -2.73. The van der Waals surface area contributed by atoms with E-state index in [1.54, 1.807) is 17.5 Å². The summed E-state index contributed by atoms with van der Waals surface area (Å²) in [6, 6.07) is 14.0. The summed E-state index contributed by atoms with van der Waals surface area (Å²) in [4.78, 5) is 20.0. The first-order chi connectivity index (χ1) is 12.3. The number of nitrogens with zero attached hydrogens (tertiary/aromatic N) is 3. The summed E-state index contributed by atoms with van der Waals surface area (Å²) in [7, 11) is 0. The highest BCUT2D eigenvalue weighted by Gasteiger charge is 2.33. The first-order valence-corrected chi connectivity index (χ1v) is 9.21. The van der Waals surface area contributed by atoms with Crippen LogP contribution < -0.4 is 0 Å². The SMILES string of the molecule is O=C(c1cccc2cn[nH]c12)N1CCCC1c1nc2ccccc2s1. The number of aromatic nitrogens is 3. The molecule has 124 valence electrons. The molecule has 2 aromatic carbocycles. The standard InChI is InChI=1S/C19H16N4OS/c24-19(13-6-3-5-12-11-20-22-17(12)13)23-10-4-8-15(23)18-21-14-7-1-2-9-16(14)25-18/h1-3,5-7,9,11,15H,4,8,10H2,(H,20,22). The Labute approximate surface area is 148 Å². The molecule has 1 aliphatic rings. The fraction of sp³-hybridized carbons (Fsp3) is 0.211. The summed E-state index contributed by atoms with van der Waals surface area (Å²) < 4.78 is 1.17. The number of carbonyl (C=O) groups is 1. The lowest BCUT2D eigenvalue weighted by Gasteiger charge is -2.23. The van der Waals surface area contributed by atoms with Gasteiger partial charge in [0.1, 0.15) is 5.01 Å². The molecule has 0 saturated carbocycles. The van der Waals surface area contributed by atoms with Gasteiger partial charge in [0.25, 0.3) is 5.91 Å². The van der Waals surface area contributed by atoms with E-state index in [0.29, 0.717) is 5.56 Å². The van der Waals surface area contributed by atoms with Crippen LogP contribution in [-0.4, -0.2) is 32.5 Å². The average molecular weight is 348 g/mol. The maximum absolute atomic E-state index is 13.2. The van der Waals surface area contributed by atoms with Crippen LogP contribution in [0.1, 0.15) is 34.2 Å². The minimum Gasteiger partial charge on any atom is -0.329 e. The maximum atomic E-state index is 13.2. The lowest BCUT2D eigenvalue weighted by atomic mass is 10.1. The Bertz CT molecular complexity index is 1050. The van der Waals surface area contributed by atoms with Crippen molar-refractivity contribution in [3.8, 4) is 0 Å². The highest BCUT2D eigenvalue weighted by molar-refractivity contribution is 7.18. The van der Waals surface area contributed by atoms with Gasteiger partial charge in [-0.25, -0.2) is 4.98 Å². The Morgan fingerprint density at radius 2 is 2.12 bits per heavy atom. The molecule has 3 heterocycles. The molecule has 1 fully saturated rings. The molecule has 25 heavy (non-hydrogen) atoms. The molecule has 5 nitrogen and oxygen atoms in total. The minimum atomic E-state index is 0.0524. The summed E-state index contributed by atoms with van der Waals surface area (Å²) in [5.74, 6) is 0.0524. The summed E-state index contributed by atoms with van der Waals surface area (Å²) in [5, 5.41) is 9.02. The Kier molecular flexibility index (Phi) is 3.31. The minimum absolute atomic E-state index is 0.0524. The third kappa shape index (κ3) is 2.33. The van der Waals surface area contributed by atoms with Crippen molar-refractivity contribution in [2.24, 2.45) is 0 Å². The number of thiazole rings is 1. The molecule has 0 radical (unpaired) electrons. The smallest absolute Gasteiger partial charge is 0.256 e. The number of hydrogen-bond acceptors (Lipinski definition) is 4. The Morgan fingerprint density at radius 3 is 3.04 bits per heavy atom. The van der Waals surface area contributed by atoms with Crippen molar-refractivity contribution in [3.63, 3.8) is 0 Å². The number of carbonyl (C=O) groups excluding carboxylic acids is 1. The van der Waals surface area contributed by atoms with Crippen molar-refractivity contribution in [2.75, 3.05) is 6.54 Å². The zero-order valence-corrected chi connectivity index (χ0v) is 14.3. The molecule has 0 spiro atoms. The van der Waals surface area contributed by atoms with Crippen LogP contribution in [0.5, 0.6) is 0 Å². The van der Waals surface area contributed by atoms with Crippen LogP contribution in [0.25, 0.3) is 21.1 Å². The largest absolute Gasteiger partial charge is 0.329 e. The number of aromatic amines is 1. The topological polar surface area (TPSA) is 61.9 Å². The molecule has 1 N–H and O–H groups in total. The van der Waals surface area contributed by atoms with E-state index in [1.165, 1.54) is 4.70 Å². The number of hydrogen-bond donors (Lipinski definition) is 1. The summed E-state index contributed by atoms with van der Waals surface area (Å²) in [6.07, 6.45) is 3.72. The fourth-order valence-electron chi connectivity index (χ4n) is 3.60. The highest BCUT2D eigenvalue weighted by atomic mass is 32.1. The Balaban J connectivity index is 1.54. The van der Waals surface area contributed by atoms with Gasteiger partial charge in [0, 0.05) is 11.9 Å². The molecule has 1 saturated heterocycles. The van der Waals surface area contributed by atoms with E-state index >= 15 is 0 Å². The van der Waals surface area contributed by atoms with Gasteiger partial charge in [-0.2, -0.15) is 5.10 Å². The maximum Gasteiger partial charge on any atom is 0.256 e. The van der Waals surface area contributed by atoms with E-state index in [-0.39, 0.29) is 11.9 Å². The molecule has 1 aliphatic heterocycles. The van der Waals surface area contributed by atoms with Crippen LogP contribution in [0.3, 0.4) is 0 Å². The summed E-state index contributed by atoms with van der Waals surface area (Å²) >= 11 is 1.69. The second-order valence-corrected chi connectivity index (χ2v) is 7.38. The highest BCUT2D eigenvalue weighted by Crippen LogP contribution is 2.37. The van der Waals surface area contributed by atoms with E-state index in [9.17, 15) is 4.79 Å². The number of rotatable bonds is 2. The van der Waals surface area contributed by atoms with Gasteiger partial charge in [0.2, 0.25) is 0 Å². The molecule has 0 aliphatic carbocycles. The van der Waals surface area contributed by atoms with Gasteiger partial charge in [-0.15, -0.1) is 11.3 Å². The van der Waals surface area contributed by atoms with Gasteiger partial charge in [-0.05, 0) is 31.0 Å². The van der Waals surface area contributed by atoms with Crippen LogP contribution in [0.2, 0.25) is 0 Å². The second kappa shape index (κ2) is 5.67. The zero-order valence-electron chi connectivity index (χ0n) is 13.5. The van der Waals surface area contributed by atoms with Gasteiger partial charge in [0.05, 0.1) is 33.5 Å². The molecule has 1 amide bonds. The molecule has 0 bridgehead atoms. The van der Waals surface area contributed by atoms with Gasteiger partial charge in [-0.3, -0.25) is 9.89 Å². The second-order valence-electron chi connectivity index (χ2n) is 6.32. The third-order valence-electron chi connectivity index (χ3n) is 4.82. The Morgan fingerprint density at radius 1 is 1.20 bits per heavy atom. The van der Waals surface area contributed by atoms with E-state index in [1.807, 2.05) is 41.3 Å². The summed E-state index contributed by atoms with van der Waals surface area (Å²) in [5.41, 5.74) is 2.50. The third-order valence-corrected chi connectivity index (χ3v) is 5.95. The zero-order chi connectivity index (χ0) is 16.8. The van der Waals surface area contributed by atoms with Crippen molar-refractivity contribution in [1.82, 2.24) is 20.1 Å². The van der Waals surface area contributed by atoms with Crippen molar-refractivity contribution < 1.29 is 4.79 Å². The molecule has 1 atom stereocenters. The molecular weight excluding hydrogens is 332 g/mol. The monoisotopic (exact) mass is 348 g/mol. The van der Waals surface area contributed by atoms with Crippen LogP contribution in [0.4, 0.5) is 0 Å². The van der Waals surface area contributed by atoms with E-state index in [2.05, 4.69) is 16.3 Å². The van der Waals surface area contributed by atoms with Crippen molar-refractivity contribution >= 4 is 38.4 Å². The van der Waals surface area contributed by atoms with Gasteiger partial charge >= 0.3 is 0 Å². The van der Waals surface area contributed by atoms with Gasteiger partial charge in [0.15, 0.2) is 0 Å². The lowest BCUT2D eigenvalue weighted by Crippen LogP contribution is -2.30. The van der Waals surface area contributed by atoms with E-state index in [4.69, 9.17) is 4.98 Å². The van der Waals surface area contributed by atoms with Crippen molar-refractivity contribution in [2.45, 2.75) is 18.9 Å². The number of H-pyrrole nitrogens is 1. The fourth-order valence-corrected chi connectivity index (χ4v) is 4.72. The molecule has 5 rings (SSSR count). The quantitative estimate of drug-likeness (QED) is 0.592. The molecule has 1 unspecified atom stereocenters. The first kappa shape index (κ1) is 14.6. The van der Waals surface area contributed by atoms with Crippen LogP contribution in [0, 0.1) is 0 Å². The van der Waals surface area contributed by atoms with Gasteiger partial charge in [-0.1, -0.05) is 24.3 Å². The number of para-hydroxylation sites is 2.